The number of ether oxygens (including phenoxy) is 1. The predicted octanol–water partition coefficient (Wildman–Crippen LogP) is 4.03. The Bertz CT molecular complexity index is 720. The number of rotatable bonds is 11. The number of aliphatic hydroxyl groups is 1. The quantitative estimate of drug-likeness (QED) is 0.467. The highest BCUT2D eigenvalue weighted by atomic mass is 79.9. The molecule has 0 aromatic heterocycles. The van der Waals surface area contributed by atoms with Crippen LogP contribution in [0.15, 0.2) is 46.9 Å². The second-order valence-corrected chi connectivity index (χ2v) is 7.33. The van der Waals surface area contributed by atoms with Gasteiger partial charge in [0.15, 0.2) is 6.61 Å². The Kier molecular flexibility index (Phi) is 9.31. The summed E-state index contributed by atoms with van der Waals surface area (Å²) < 4.78 is 6.71. The second-order valence-electron chi connectivity index (χ2n) is 6.42. The number of benzene rings is 2. The van der Waals surface area contributed by atoms with E-state index in [4.69, 9.17) is 9.84 Å². The molecule has 0 radical (unpaired) electrons. The van der Waals surface area contributed by atoms with Crippen molar-refractivity contribution in [1.82, 2.24) is 5.32 Å². The summed E-state index contributed by atoms with van der Waals surface area (Å²) in [7, 11) is 0. The zero-order valence-electron chi connectivity index (χ0n) is 15.6. The van der Waals surface area contributed by atoms with Crippen LogP contribution in [0, 0.1) is 6.92 Å². The van der Waals surface area contributed by atoms with E-state index in [1.54, 1.807) is 0 Å². The van der Waals surface area contributed by atoms with E-state index >= 15 is 0 Å². The second kappa shape index (κ2) is 11.7. The smallest absolute Gasteiger partial charge is 0.262 e. The molecule has 3 N–H and O–H groups in total. The van der Waals surface area contributed by atoms with E-state index in [2.05, 4.69) is 26.6 Å². The Morgan fingerprint density at radius 3 is 2.63 bits per heavy atom. The molecular weight excluding hydrogens is 408 g/mol. The van der Waals surface area contributed by atoms with Crippen LogP contribution in [0.4, 0.5) is 5.69 Å². The van der Waals surface area contributed by atoms with Crippen molar-refractivity contribution in [2.24, 2.45) is 0 Å². The third-order valence-corrected chi connectivity index (χ3v) is 4.54. The first-order valence-electron chi connectivity index (χ1n) is 9.18. The van der Waals surface area contributed by atoms with Crippen molar-refractivity contribution in [3.8, 4) is 5.75 Å². The zero-order chi connectivity index (χ0) is 19.5. The van der Waals surface area contributed by atoms with E-state index in [1.807, 2.05) is 49.4 Å². The standard InChI is InChI=1S/C21H27BrN2O3/c1-16-5-8-19(9-6-16)24-21(26)15-27-20-10-7-18(22)13-17(20)14-23-11-3-2-4-12-25/h5-10,13,23,25H,2-4,11-12,14-15H2,1H3,(H,24,26). The van der Waals surface area contributed by atoms with Gasteiger partial charge in [0.05, 0.1) is 0 Å². The molecule has 0 spiro atoms. The Labute approximate surface area is 169 Å². The monoisotopic (exact) mass is 434 g/mol. The Balaban J connectivity index is 1.83. The normalized spacial score (nSPS) is 10.6. The molecule has 0 aliphatic rings. The Morgan fingerprint density at radius 1 is 1.11 bits per heavy atom. The van der Waals surface area contributed by atoms with Crippen LogP contribution in [-0.2, 0) is 11.3 Å². The number of nitrogens with one attached hydrogen (secondary N) is 2. The average molecular weight is 435 g/mol. The Hall–Kier alpha value is -1.89. The van der Waals surface area contributed by atoms with E-state index in [0.717, 1.165) is 47.1 Å². The maximum atomic E-state index is 12.1. The number of unbranched alkanes of at least 4 members (excludes halogenated alkanes) is 2. The fourth-order valence-corrected chi connectivity index (χ4v) is 2.97. The maximum absolute atomic E-state index is 12.1. The number of hydrogen-bond acceptors (Lipinski definition) is 4. The van der Waals surface area contributed by atoms with Crippen LogP contribution < -0.4 is 15.4 Å². The van der Waals surface area contributed by atoms with Gasteiger partial charge in [0.2, 0.25) is 0 Å². The number of carbonyl (C=O) groups is 1. The molecule has 2 aromatic rings. The molecule has 0 fully saturated rings. The molecule has 0 bridgehead atoms. The highest BCUT2D eigenvalue weighted by Gasteiger charge is 2.08. The molecule has 0 unspecified atom stereocenters. The van der Waals surface area contributed by atoms with Crippen molar-refractivity contribution in [2.75, 3.05) is 25.1 Å². The molecule has 2 rings (SSSR count). The van der Waals surface area contributed by atoms with Gasteiger partial charge in [-0.25, -0.2) is 0 Å². The number of aryl methyl sites for hydroxylation is 1. The van der Waals surface area contributed by atoms with Gasteiger partial charge >= 0.3 is 0 Å². The average Bonchev–Trinajstić information content (AvgIpc) is 2.65. The molecule has 1 amide bonds. The van der Waals surface area contributed by atoms with Gasteiger partial charge < -0.3 is 20.5 Å². The molecule has 0 atom stereocenters. The summed E-state index contributed by atoms with van der Waals surface area (Å²) in [5.41, 5.74) is 2.90. The van der Waals surface area contributed by atoms with Crippen molar-refractivity contribution in [3.05, 3.63) is 58.1 Å². The van der Waals surface area contributed by atoms with Crippen LogP contribution >= 0.6 is 15.9 Å². The number of anilines is 1. The molecule has 0 heterocycles. The molecule has 0 saturated carbocycles. The van der Waals surface area contributed by atoms with Gasteiger partial charge in [0.25, 0.3) is 5.91 Å². The van der Waals surface area contributed by atoms with Gasteiger partial charge in [0, 0.05) is 28.9 Å². The predicted molar refractivity (Wildman–Crippen MR) is 112 cm³/mol. The summed E-state index contributed by atoms with van der Waals surface area (Å²) in [6, 6.07) is 13.4. The first-order valence-corrected chi connectivity index (χ1v) is 9.97. The van der Waals surface area contributed by atoms with Crippen LogP contribution in [0.5, 0.6) is 5.75 Å². The first-order chi connectivity index (χ1) is 13.1. The van der Waals surface area contributed by atoms with E-state index in [0.29, 0.717) is 12.3 Å². The minimum absolute atomic E-state index is 0.0426. The summed E-state index contributed by atoms with van der Waals surface area (Å²) in [5, 5.41) is 15.0. The van der Waals surface area contributed by atoms with Gasteiger partial charge in [-0.3, -0.25) is 4.79 Å². The SMILES string of the molecule is Cc1ccc(NC(=O)COc2ccc(Br)cc2CNCCCCCO)cc1. The summed E-state index contributed by atoms with van der Waals surface area (Å²) in [6.45, 7) is 3.74. The maximum Gasteiger partial charge on any atom is 0.262 e. The number of carbonyl (C=O) groups excluding carboxylic acids is 1. The van der Waals surface area contributed by atoms with Crippen LogP contribution in [0.3, 0.4) is 0 Å². The summed E-state index contributed by atoms with van der Waals surface area (Å²) in [6.07, 6.45) is 2.86. The van der Waals surface area contributed by atoms with Crippen molar-refractivity contribution in [2.45, 2.75) is 32.7 Å². The van der Waals surface area contributed by atoms with Gasteiger partial charge in [0.1, 0.15) is 5.75 Å². The lowest BCUT2D eigenvalue weighted by atomic mass is 10.2. The molecule has 5 nitrogen and oxygen atoms in total. The third-order valence-electron chi connectivity index (χ3n) is 4.04. The molecule has 0 aliphatic heterocycles. The molecule has 6 heteroatoms. The lowest BCUT2D eigenvalue weighted by Crippen LogP contribution is -2.21. The fourth-order valence-electron chi connectivity index (χ4n) is 2.57. The van der Waals surface area contributed by atoms with E-state index in [-0.39, 0.29) is 19.1 Å². The highest BCUT2D eigenvalue weighted by molar-refractivity contribution is 9.10. The molecular formula is C21H27BrN2O3. The zero-order valence-corrected chi connectivity index (χ0v) is 17.2. The van der Waals surface area contributed by atoms with Gasteiger partial charge in [-0.15, -0.1) is 0 Å². The number of amides is 1. The minimum atomic E-state index is -0.190. The van der Waals surface area contributed by atoms with Crippen molar-refractivity contribution in [1.29, 1.82) is 0 Å². The van der Waals surface area contributed by atoms with Crippen molar-refractivity contribution in [3.63, 3.8) is 0 Å². The van der Waals surface area contributed by atoms with Crippen LogP contribution in [-0.4, -0.2) is 30.8 Å². The fraction of sp³-hybridized carbons (Fsp3) is 0.381. The lowest BCUT2D eigenvalue weighted by molar-refractivity contribution is -0.118. The first kappa shape index (κ1) is 21.4. The largest absolute Gasteiger partial charge is 0.483 e. The van der Waals surface area contributed by atoms with Crippen molar-refractivity contribution < 1.29 is 14.6 Å². The summed E-state index contributed by atoms with van der Waals surface area (Å²) in [5.74, 6) is 0.504. The third kappa shape index (κ3) is 8.12. The van der Waals surface area contributed by atoms with Crippen LogP contribution in [0.2, 0.25) is 0 Å². The van der Waals surface area contributed by atoms with Crippen molar-refractivity contribution >= 4 is 27.5 Å². The van der Waals surface area contributed by atoms with Gasteiger partial charge in [-0.05, 0) is 63.1 Å². The molecule has 27 heavy (non-hydrogen) atoms. The van der Waals surface area contributed by atoms with E-state index < -0.39 is 0 Å². The molecule has 2 aromatic carbocycles. The minimum Gasteiger partial charge on any atom is -0.483 e. The topological polar surface area (TPSA) is 70.6 Å². The van der Waals surface area contributed by atoms with Gasteiger partial charge in [-0.1, -0.05) is 33.6 Å². The highest BCUT2D eigenvalue weighted by Crippen LogP contribution is 2.23. The molecule has 0 aliphatic carbocycles. The molecule has 0 saturated heterocycles. The van der Waals surface area contributed by atoms with Crippen LogP contribution in [0.25, 0.3) is 0 Å². The van der Waals surface area contributed by atoms with Gasteiger partial charge in [-0.2, -0.15) is 0 Å². The van der Waals surface area contributed by atoms with Crippen LogP contribution in [0.1, 0.15) is 30.4 Å². The lowest BCUT2D eigenvalue weighted by Gasteiger charge is -2.13. The summed E-state index contributed by atoms with van der Waals surface area (Å²) >= 11 is 3.48. The number of halogens is 1. The Morgan fingerprint density at radius 2 is 1.89 bits per heavy atom. The summed E-state index contributed by atoms with van der Waals surface area (Å²) in [4.78, 5) is 12.1. The van der Waals surface area contributed by atoms with E-state index in [9.17, 15) is 4.79 Å². The van der Waals surface area contributed by atoms with E-state index in [1.165, 1.54) is 0 Å². The number of hydrogen-bond donors (Lipinski definition) is 3. The molecule has 146 valence electrons. The number of aliphatic hydroxyl groups excluding tert-OH is 1.